The molecule has 0 bridgehead atoms. The van der Waals surface area contributed by atoms with Gasteiger partial charge in [0.2, 0.25) is 0 Å². The van der Waals surface area contributed by atoms with Gasteiger partial charge < -0.3 is 14.5 Å². The molecule has 1 aromatic heterocycles. The van der Waals surface area contributed by atoms with E-state index in [1.54, 1.807) is 0 Å². The maximum Gasteiger partial charge on any atom is 0.255 e. The Labute approximate surface area is 147 Å². The number of nitrogens with one attached hydrogen (secondary N) is 1. The Morgan fingerprint density at radius 1 is 1.20 bits per heavy atom. The number of carbonyl (C=O) groups excluding carboxylic acids is 1. The van der Waals surface area contributed by atoms with E-state index in [9.17, 15) is 4.79 Å². The molecular formula is C18H23N5O2. The fourth-order valence-electron chi connectivity index (χ4n) is 3.70. The van der Waals surface area contributed by atoms with Gasteiger partial charge in [0, 0.05) is 37.8 Å². The number of nitrogens with zero attached hydrogens (tertiary/aromatic N) is 4. The average molecular weight is 341 g/mol. The van der Waals surface area contributed by atoms with E-state index in [4.69, 9.17) is 4.74 Å². The summed E-state index contributed by atoms with van der Waals surface area (Å²) >= 11 is 0. The standard InChI is InChI=1S/C18H23N5O2/c24-18(23-7-3-4-14(12-23)17-19-13-20-21-17)15-5-1-2-6-16(15)22-8-10-25-11-9-22/h1-2,5-6,13-14H,3-4,7-12H2,(H,19,20,21). The van der Waals surface area contributed by atoms with Crippen LogP contribution in [0.2, 0.25) is 0 Å². The van der Waals surface area contributed by atoms with Gasteiger partial charge in [0.1, 0.15) is 12.2 Å². The number of para-hydroxylation sites is 1. The van der Waals surface area contributed by atoms with Crippen LogP contribution in [0, 0.1) is 0 Å². The molecule has 1 unspecified atom stereocenters. The number of anilines is 1. The number of benzene rings is 1. The van der Waals surface area contributed by atoms with Crippen LogP contribution in [0.4, 0.5) is 5.69 Å². The van der Waals surface area contributed by atoms with Crippen LogP contribution in [0.1, 0.15) is 34.9 Å². The van der Waals surface area contributed by atoms with Crippen molar-refractivity contribution in [3.63, 3.8) is 0 Å². The number of amides is 1. The summed E-state index contributed by atoms with van der Waals surface area (Å²) in [7, 11) is 0. The van der Waals surface area contributed by atoms with E-state index in [1.165, 1.54) is 6.33 Å². The summed E-state index contributed by atoms with van der Waals surface area (Å²) in [4.78, 5) is 21.7. The second-order valence-electron chi connectivity index (χ2n) is 6.58. The Morgan fingerprint density at radius 2 is 2.04 bits per heavy atom. The molecule has 2 aromatic rings. The third kappa shape index (κ3) is 3.37. The van der Waals surface area contributed by atoms with Crippen molar-refractivity contribution in [1.29, 1.82) is 0 Å². The van der Waals surface area contributed by atoms with Gasteiger partial charge in [-0.05, 0) is 25.0 Å². The number of morpholine rings is 1. The predicted molar refractivity (Wildman–Crippen MR) is 93.7 cm³/mol. The molecule has 25 heavy (non-hydrogen) atoms. The number of aromatic nitrogens is 3. The quantitative estimate of drug-likeness (QED) is 0.919. The molecule has 0 aliphatic carbocycles. The van der Waals surface area contributed by atoms with Crippen molar-refractivity contribution in [1.82, 2.24) is 20.1 Å². The van der Waals surface area contributed by atoms with E-state index >= 15 is 0 Å². The lowest BCUT2D eigenvalue weighted by molar-refractivity contribution is 0.0704. The van der Waals surface area contributed by atoms with Gasteiger partial charge in [0.05, 0.1) is 18.8 Å². The zero-order valence-electron chi connectivity index (χ0n) is 14.2. The van der Waals surface area contributed by atoms with E-state index in [1.807, 2.05) is 29.2 Å². The van der Waals surface area contributed by atoms with Crippen molar-refractivity contribution in [3.05, 3.63) is 42.0 Å². The van der Waals surface area contributed by atoms with Gasteiger partial charge >= 0.3 is 0 Å². The van der Waals surface area contributed by atoms with E-state index < -0.39 is 0 Å². The highest BCUT2D eigenvalue weighted by molar-refractivity contribution is 6.00. The number of likely N-dealkylation sites (tertiary alicyclic amines) is 1. The fraction of sp³-hybridized carbons (Fsp3) is 0.500. The number of carbonyl (C=O) groups is 1. The largest absolute Gasteiger partial charge is 0.378 e. The van der Waals surface area contributed by atoms with E-state index in [2.05, 4.69) is 20.1 Å². The van der Waals surface area contributed by atoms with Gasteiger partial charge in [-0.1, -0.05) is 12.1 Å². The molecular weight excluding hydrogens is 318 g/mol. The summed E-state index contributed by atoms with van der Waals surface area (Å²) in [5.41, 5.74) is 1.79. The van der Waals surface area contributed by atoms with Crippen LogP contribution in [-0.2, 0) is 4.74 Å². The summed E-state index contributed by atoms with van der Waals surface area (Å²) in [6, 6.07) is 7.91. The normalized spacial score (nSPS) is 21.4. The average Bonchev–Trinajstić information content (AvgIpc) is 3.23. The number of aromatic amines is 1. The fourth-order valence-corrected chi connectivity index (χ4v) is 3.70. The molecule has 2 aliphatic rings. The first-order valence-electron chi connectivity index (χ1n) is 8.89. The summed E-state index contributed by atoms with van der Waals surface area (Å²) < 4.78 is 5.44. The zero-order chi connectivity index (χ0) is 17.1. The monoisotopic (exact) mass is 341 g/mol. The Morgan fingerprint density at radius 3 is 2.84 bits per heavy atom. The van der Waals surface area contributed by atoms with Crippen LogP contribution in [0.25, 0.3) is 0 Å². The van der Waals surface area contributed by atoms with Crippen molar-refractivity contribution in [3.8, 4) is 0 Å². The second kappa shape index (κ2) is 7.23. The molecule has 1 aromatic carbocycles. The van der Waals surface area contributed by atoms with Crippen LogP contribution in [-0.4, -0.2) is 65.4 Å². The molecule has 3 heterocycles. The summed E-state index contributed by atoms with van der Waals surface area (Å²) in [5.74, 6) is 1.21. The lowest BCUT2D eigenvalue weighted by Crippen LogP contribution is -2.41. The Kier molecular flexibility index (Phi) is 4.65. The lowest BCUT2D eigenvalue weighted by atomic mass is 9.96. The van der Waals surface area contributed by atoms with Crippen molar-refractivity contribution in [2.75, 3.05) is 44.3 Å². The highest BCUT2D eigenvalue weighted by Gasteiger charge is 2.29. The van der Waals surface area contributed by atoms with E-state index in [0.29, 0.717) is 19.8 Å². The molecule has 4 rings (SSSR count). The van der Waals surface area contributed by atoms with Crippen LogP contribution in [0.5, 0.6) is 0 Å². The molecule has 1 atom stereocenters. The first-order valence-corrected chi connectivity index (χ1v) is 8.89. The molecule has 7 nitrogen and oxygen atoms in total. The van der Waals surface area contributed by atoms with Crippen molar-refractivity contribution >= 4 is 11.6 Å². The Bertz CT molecular complexity index is 712. The number of hydrogen-bond donors (Lipinski definition) is 1. The number of hydrogen-bond acceptors (Lipinski definition) is 5. The first-order chi connectivity index (χ1) is 12.3. The molecule has 1 amide bonds. The predicted octanol–water partition coefficient (Wildman–Crippen LogP) is 1.66. The molecule has 2 saturated heterocycles. The molecule has 132 valence electrons. The van der Waals surface area contributed by atoms with Gasteiger partial charge in [-0.2, -0.15) is 5.10 Å². The minimum absolute atomic E-state index is 0.103. The maximum absolute atomic E-state index is 13.2. The van der Waals surface area contributed by atoms with Crippen molar-refractivity contribution in [2.45, 2.75) is 18.8 Å². The van der Waals surface area contributed by atoms with Crippen LogP contribution < -0.4 is 4.90 Å². The van der Waals surface area contributed by atoms with Gasteiger partial charge in [-0.25, -0.2) is 4.98 Å². The molecule has 0 saturated carbocycles. The minimum atomic E-state index is 0.103. The highest BCUT2D eigenvalue weighted by Crippen LogP contribution is 2.28. The van der Waals surface area contributed by atoms with Gasteiger partial charge in [0.25, 0.3) is 5.91 Å². The molecule has 0 radical (unpaired) electrons. The molecule has 7 heteroatoms. The van der Waals surface area contributed by atoms with Crippen molar-refractivity contribution < 1.29 is 9.53 Å². The van der Waals surface area contributed by atoms with Gasteiger partial charge in [0.15, 0.2) is 0 Å². The van der Waals surface area contributed by atoms with Gasteiger partial charge in [-0.3, -0.25) is 9.89 Å². The highest BCUT2D eigenvalue weighted by atomic mass is 16.5. The third-order valence-corrected chi connectivity index (χ3v) is 5.02. The molecule has 2 aliphatic heterocycles. The van der Waals surface area contributed by atoms with Gasteiger partial charge in [-0.15, -0.1) is 0 Å². The van der Waals surface area contributed by atoms with E-state index in [0.717, 1.165) is 49.6 Å². The molecule has 0 spiro atoms. The molecule has 2 fully saturated rings. The Balaban J connectivity index is 1.54. The lowest BCUT2D eigenvalue weighted by Gasteiger charge is -2.34. The van der Waals surface area contributed by atoms with Crippen LogP contribution in [0.15, 0.2) is 30.6 Å². The Hall–Kier alpha value is -2.41. The summed E-state index contributed by atoms with van der Waals surface area (Å²) in [6.07, 6.45) is 3.55. The number of H-pyrrole nitrogens is 1. The first kappa shape index (κ1) is 16.1. The molecule has 1 N–H and O–H groups in total. The number of rotatable bonds is 3. The SMILES string of the molecule is O=C(c1ccccc1N1CCOCC1)N1CCCC(c2ncn[nH]2)C1. The topological polar surface area (TPSA) is 74.3 Å². The summed E-state index contributed by atoms with van der Waals surface area (Å²) in [5, 5.41) is 6.89. The smallest absolute Gasteiger partial charge is 0.255 e. The minimum Gasteiger partial charge on any atom is -0.378 e. The number of piperidine rings is 1. The third-order valence-electron chi connectivity index (χ3n) is 5.02. The van der Waals surface area contributed by atoms with E-state index in [-0.39, 0.29) is 11.8 Å². The zero-order valence-corrected chi connectivity index (χ0v) is 14.2. The summed E-state index contributed by atoms with van der Waals surface area (Å²) in [6.45, 7) is 4.54. The second-order valence-corrected chi connectivity index (χ2v) is 6.58. The number of ether oxygens (including phenoxy) is 1. The van der Waals surface area contributed by atoms with Crippen LogP contribution >= 0.6 is 0 Å². The maximum atomic E-state index is 13.2. The van der Waals surface area contributed by atoms with Crippen molar-refractivity contribution in [2.24, 2.45) is 0 Å². The van der Waals surface area contributed by atoms with Crippen LogP contribution in [0.3, 0.4) is 0 Å².